The zero-order valence-corrected chi connectivity index (χ0v) is 26.4. The first kappa shape index (κ1) is 29.1. The van der Waals surface area contributed by atoms with Gasteiger partial charge in [0.15, 0.2) is 12.4 Å². The van der Waals surface area contributed by atoms with Crippen LogP contribution in [0.4, 0.5) is 0 Å². The summed E-state index contributed by atoms with van der Waals surface area (Å²) >= 11 is 0. The monoisotopic (exact) mass is 500 g/mol. The minimum atomic E-state index is 0.00655. The first-order valence-electron chi connectivity index (χ1n) is 13.8. The van der Waals surface area contributed by atoms with E-state index in [1.54, 1.807) is 0 Å². The van der Waals surface area contributed by atoms with Crippen molar-refractivity contribution < 1.29 is 9.13 Å². The Morgan fingerprint density at radius 3 is 1.05 bits per heavy atom. The van der Waals surface area contributed by atoms with Crippen LogP contribution in [0.3, 0.4) is 0 Å². The largest absolute Gasteiger partial charge is 0.212 e. The predicted octanol–water partition coefficient (Wildman–Crippen LogP) is 8.17. The number of benzene rings is 1. The molecule has 2 nitrogen and oxygen atoms in total. The quantitative estimate of drug-likeness (QED) is 0.314. The molecule has 37 heavy (non-hydrogen) atoms. The molecule has 3 aromatic rings. The molecule has 0 N–H and O–H groups in total. The molecule has 0 amide bonds. The number of hydrogen-bond donors (Lipinski definition) is 0. The minimum absolute atomic E-state index is 0.00655. The SMILES string of the molecule is Cc1c(-c2ccc(C(C)(C)C)c[n+]2C)c(C(C)(C)C)cc(C(C)(C)C)c1-c1ccc(C(C)(C)C)c[n+]1C. The van der Waals surface area contributed by atoms with Crippen molar-refractivity contribution in [2.75, 3.05) is 0 Å². The highest BCUT2D eigenvalue weighted by atomic mass is 14.9. The Morgan fingerprint density at radius 1 is 0.486 bits per heavy atom. The maximum absolute atomic E-state index is 2.51. The Morgan fingerprint density at radius 2 is 0.811 bits per heavy atom. The van der Waals surface area contributed by atoms with Gasteiger partial charge >= 0.3 is 0 Å². The lowest BCUT2D eigenvalue weighted by Crippen LogP contribution is -2.36. The summed E-state index contributed by atoms with van der Waals surface area (Å²) < 4.78 is 4.67. The normalized spacial score (nSPS) is 13.3. The van der Waals surface area contributed by atoms with Crippen LogP contribution >= 0.6 is 0 Å². The minimum Gasteiger partial charge on any atom is -0.201 e. The predicted molar refractivity (Wildman–Crippen MR) is 159 cm³/mol. The first-order chi connectivity index (χ1) is 16.6. The lowest BCUT2D eigenvalue weighted by Gasteiger charge is -2.31. The molecule has 0 spiro atoms. The molecule has 0 radical (unpaired) electrons. The summed E-state index contributed by atoms with van der Waals surface area (Å²) in [6.45, 7) is 30.1. The van der Waals surface area contributed by atoms with E-state index < -0.39 is 0 Å². The molecule has 0 unspecified atom stereocenters. The van der Waals surface area contributed by atoms with Gasteiger partial charge in [-0.1, -0.05) is 89.2 Å². The maximum Gasteiger partial charge on any atom is 0.212 e. The van der Waals surface area contributed by atoms with Gasteiger partial charge in [-0.2, -0.15) is 0 Å². The zero-order valence-electron chi connectivity index (χ0n) is 26.4. The fraction of sp³-hybridized carbons (Fsp3) is 0.543. The number of aryl methyl sites for hydroxylation is 2. The van der Waals surface area contributed by atoms with E-state index in [2.05, 4.69) is 156 Å². The summed E-state index contributed by atoms with van der Waals surface area (Å²) in [4.78, 5) is 0. The van der Waals surface area contributed by atoms with Gasteiger partial charge in [0, 0.05) is 23.3 Å². The molecule has 0 aliphatic carbocycles. The van der Waals surface area contributed by atoms with Crippen molar-refractivity contribution in [3.05, 3.63) is 70.5 Å². The summed E-state index contributed by atoms with van der Waals surface area (Å²) in [6.07, 6.45) is 4.63. The summed E-state index contributed by atoms with van der Waals surface area (Å²) in [5, 5.41) is 0. The summed E-state index contributed by atoms with van der Waals surface area (Å²) in [5.74, 6) is 0. The topological polar surface area (TPSA) is 7.76 Å². The van der Waals surface area contributed by atoms with E-state index >= 15 is 0 Å². The van der Waals surface area contributed by atoms with E-state index in [4.69, 9.17) is 0 Å². The van der Waals surface area contributed by atoms with Gasteiger partial charge in [0.05, 0.1) is 11.1 Å². The van der Waals surface area contributed by atoms with Gasteiger partial charge < -0.3 is 0 Å². The average molecular weight is 501 g/mol. The molecule has 0 saturated carbocycles. The second kappa shape index (κ2) is 9.37. The second-order valence-corrected chi connectivity index (χ2v) is 15.2. The first-order valence-corrected chi connectivity index (χ1v) is 13.8. The Labute approximate surface area is 227 Å². The molecule has 200 valence electrons. The summed E-state index contributed by atoms with van der Waals surface area (Å²) in [5.41, 5.74) is 12.4. The van der Waals surface area contributed by atoms with E-state index in [0.29, 0.717) is 0 Å². The molecule has 0 fully saturated rings. The third kappa shape index (κ3) is 5.84. The Kier molecular flexibility index (Phi) is 7.36. The van der Waals surface area contributed by atoms with Crippen LogP contribution in [0.1, 0.15) is 111 Å². The van der Waals surface area contributed by atoms with Crippen molar-refractivity contribution in [1.29, 1.82) is 0 Å². The van der Waals surface area contributed by atoms with Crippen LogP contribution in [-0.4, -0.2) is 0 Å². The van der Waals surface area contributed by atoms with E-state index in [0.717, 1.165) is 0 Å². The molecular weight excluding hydrogens is 448 g/mol. The number of nitrogens with zero attached hydrogens (tertiary/aromatic N) is 2. The lowest BCUT2D eigenvalue weighted by atomic mass is 9.73. The maximum atomic E-state index is 2.51. The van der Waals surface area contributed by atoms with Gasteiger partial charge in [-0.05, 0) is 57.4 Å². The highest BCUT2D eigenvalue weighted by Crippen LogP contribution is 2.44. The van der Waals surface area contributed by atoms with Gasteiger partial charge in [0.2, 0.25) is 11.4 Å². The van der Waals surface area contributed by atoms with Crippen molar-refractivity contribution in [3.8, 4) is 22.5 Å². The molecule has 0 saturated heterocycles. The fourth-order valence-corrected chi connectivity index (χ4v) is 5.28. The van der Waals surface area contributed by atoms with Crippen LogP contribution in [0.5, 0.6) is 0 Å². The Hall–Kier alpha value is -2.48. The van der Waals surface area contributed by atoms with Crippen LogP contribution in [-0.2, 0) is 35.8 Å². The molecular formula is C35H52N2+2. The molecule has 3 rings (SSSR count). The number of hydrogen-bond acceptors (Lipinski definition) is 0. The van der Waals surface area contributed by atoms with Crippen molar-refractivity contribution in [2.24, 2.45) is 14.1 Å². The zero-order chi connectivity index (χ0) is 28.3. The molecule has 0 atom stereocenters. The fourth-order valence-electron chi connectivity index (χ4n) is 5.28. The highest BCUT2D eigenvalue weighted by molar-refractivity contribution is 5.80. The summed E-state index contributed by atoms with van der Waals surface area (Å²) in [7, 11) is 4.40. The lowest BCUT2D eigenvalue weighted by molar-refractivity contribution is -0.661. The Bertz CT molecular complexity index is 1210. The van der Waals surface area contributed by atoms with E-state index in [-0.39, 0.29) is 21.7 Å². The van der Waals surface area contributed by atoms with Crippen LogP contribution in [0.25, 0.3) is 22.5 Å². The van der Waals surface area contributed by atoms with Gasteiger partial charge in [-0.25, -0.2) is 9.13 Å². The van der Waals surface area contributed by atoms with Crippen molar-refractivity contribution in [3.63, 3.8) is 0 Å². The van der Waals surface area contributed by atoms with E-state index in [1.165, 1.54) is 50.3 Å². The van der Waals surface area contributed by atoms with Gasteiger partial charge in [-0.15, -0.1) is 0 Å². The summed E-state index contributed by atoms with van der Waals surface area (Å²) in [6, 6.07) is 11.8. The Balaban J connectivity index is 2.48. The number of pyridine rings is 2. The van der Waals surface area contributed by atoms with Gasteiger partial charge in [0.1, 0.15) is 14.1 Å². The molecule has 1 aromatic carbocycles. The van der Waals surface area contributed by atoms with Crippen LogP contribution in [0.2, 0.25) is 0 Å². The van der Waals surface area contributed by atoms with Gasteiger partial charge in [-0.3, -0.25) is 0 Å². The van der Waals surface area contributed by atoms with E-state index in [9.17, 15) is 0 Å². The molecule has 2 heterocycles. The van der Waals surface area contributed by atoms with Crippen molar-refractivity contribution in [1.82, 2.24) is 0 Å². The molecule has 2 heteroatoms. The molecule has 2 aromatic heterocycles. The average Bonchev–Trinajstić information content (AvgIpc) is 2.71. The van der Waals surface area contributed by atoms with E-state index in [1.807, 2.05) is 0 Å². The number of rotatable bonds is 2. The second-order valence-electron chi connectivity index (χ2n) is 15.2. The third-order valence-corrected chi connectivity index (χ3v) is 7.70. The standard InChI is InChI=1S/C35H52N2/c1-23-30(28-18-16-24(21-36(28)14)32(2,3)4)26(34(8,9)10)20-27(35(11,12)13)31(23)29-19-17-25(22-37(29)15)33(5,6)7/h16-22H,1-15H3/q+2. The number of aromatic nitrogens is 2. The molecule has 0 aliphatic rings. The van der Waals surface area contributed by atoms with Crippen molar-refractivity contribution >= 4 is 0 Å². The highest BCUT2D eigenvalue weighted by Gasteiger charge is 2.34. The van der Waals surface area contributed by atoms with Crippen molar-refractivity contribution in [2.45, 2.75) is 112 Å². The van der Waals surface area contributed by atoms with Crippen LogP contribution in [0, 0.1) is 6.92 Å². The smallest absolute Gasteiger partial charge is 0.201 e. The molecule has 0 aliphatic heterocycles. The van der Waals surface area contributed by atoms with Crippen LogP contribution < -0.4 is 9.13 Å². The van der Waals surface area contributed by atoms with Crippen LogP contribution in [0.15, 0.2) is 42.7 Å². The molecule has 0 bridgehead atoms. The third-order valence-electron chi connectivity index (χ3n) is 7.70. The van der Waals surface area contributed by atoms with Gasteiger partial charge in [0.25, 0.3) is 0 Å².